The number of hydrogen-bond donors (Lipinski definition) is 1. The van der Waals surface area contributed by atoms with Crippen LogP contribution in [0.2, 0.25) is 0 Å². The Labute approximate surface area is 119 Å². The first kappa shape index (κ1) is 14.1. The Morgan fingerprint density at radius 3 is 2.70 bits per heavy atom. The summed E-state index contributed by atoms with van der Waals surface area (Å²) in [5.41, 5.74) is 1.29. The van der Waals surface area contributed by atoms with Crippen molar-refractivity contribution in [2.45, 2.75) is 19.8 Å². The zero-order valence-electron chi connectivity index (χ0n) is 11.6. The van der Waals surface area contributed by atoms with E-state index in [2.05, 4.69) is 17.4 Å². The quantitative estimate of drug-likeness (QED) is 0.645. The van der Waals surface area contributed by atoms with Gasteiger partial charge in [-0.05, 0) is 43.5 Å². The average Bonchev–Trinajstić information content (AvgIpc) is 2.88. The largest absolute Gasteiger partial charge is 0.462 e. The fourth-order valence-electron chi connectivity index (χ4n) is 1.91. The molecule has 0 bridgehead atoms. The molecule has 0 atom stereocenters. The number of rotatable bonds is 6. The van der Waals surface area contributed by atoms with Crippen LogP contribution in [0.1, 0.15) is 23.5 Å². The fraction of sp³-hybridized carbons (Fsp3) is 0.235. The van der Waals surface area contributed by atoms with Crippen molar-refractivity contribution >= 4 is 12.0 Å². The Morgan fingerprint density at radius 1 is 1.20 bits per heavy atom. The monoisotopic (exact) mass is 269 g/mol. The van der Waals surface area contributed by atoms with Crippen LogP contribution in [0, 0.1) is 6.92 Å². The first-order valence-corrected chi connectivity index (χ1v) is 6.80. The topological polar surface area (TPSA) is 42.2 Å². The van der Waals surface area contributed by atoms with Crippen LogP contribution in [0.3, 0.4) is 0 Å². The molecule has 2 rings (SSSR count). The van der Waals surface area contributed by atoms with Crippen molar-refractivity contribution in [3.8, 4) is 0 Å². The first-order chi connectivity index (χ1) is 9.74. The van der Waals surface area contributed by atoms with Crippen molar-refractivity contribution in [1.29, 1.82) is 0 Å². The number of carbonyl (C=O) groups excluding carboxylic acids is 1. The lowest BCUT2D eigenvalue weighted by molar-refractivity contribution is -0.116. The Bertz CT molecular complexity index is 570. The zero-order valence-corrected chi connectivity index (χ0v) is 11.6. The van der Waals surface area contributed by atoms with E-state index in [1.807, 2.05) is 37.3 Å². The van der Waals surface area contributed by atoms with Gasteiger partial charge in [-0.3, -0.25) is 4.79 Å². The summed E-state index contributed by atoms with van der Waals surface area (Å²) in [6, 6.07) is 14.0. The van der Waals surface area contributed by atoms with E-state index in [0.717, 1.165) is 18.6 Å². The number of nitrogens with one attached hydrogen (secondary N) is 1. The molecular weight excluding hydrogens is 250 g/mol. The molecule has 2 aromatic rings. The van der Waals surface area contributed by atoms with Gasteiger partial charge in [-0.2, -0.15) is 0 Å². The van der Waals surface area contributed by atoms with Gasteiger partial charge in [0.2, 0.25) is 5.91 Å². The van der Waals surface area contributed by atoms with Crippen LogP contribution < -0.4 is 5.32 Å². The summed E-state index contributed by atoms with van der Waals surface area (Å²) in [6.07, 6.45) is 5.09. The molecule has 20 heavy (non-hydrogen) atoms. The molecule has 0 spiro atoms. The third kappa shape index (κ3) is 4.76. The minimum Gasteiger partial charge on any atom is -0.462 e. The van der Waals surface area contributed by atoms with Gasteiger partial charge in [0.05, 0.1) is 0 Å². The first-order valence-electron chi connectivity index (χ1n) is 6.80. The van der Waals surface area contributed by atoms with Crippen LogP contribution in [-0.4, -0.2) is 12.5 Å². The molecule has 1 N–H and O–H groups in total. The smallest absolute Gasteiger partial charge is 0.244 e. The third-order valence-corrected chi connectivity index (χ3v) is 2.94. The van der Waals surface area contributed by atoms with E-state index in [9.17, 15) is 4.79 Å². The van der Waals surface area contributed by atoms with Gasteiger partial charge < -0.3 is 9.73 Å². The van der Waals surface area contributed by atoms with E-state index in [1.165, 1.54) is 11.6 Å². The van der Waals surface area contributed by atoms with E-state index >= 15 is 0 Å². The molecule has 1 aromatic heterocycles. The molecule has 0 radical (unpaired) electrons. The molecule has 1 heterocycles. The minimum atomic E-state index is -0.0906. The van der Waals surface area contributed by atoms with Crippen LogP contribution in [0.5, 0.6) is 0 Å². The maximum Gasteiger partial charge on any atom is 0.244 e. The summed E-state index contributed by atoms with van der Waals surface area (Å²) in [7, 11) is 0. The summed E-state index contributed by atoms with van der Waals surface area (Å²) in [5, 5.41) is 2.86. The normalized spacial score (nSPS) is 10.8. The number of aryl methyl sites for hydroxylation is 2. The van der Waals surface area contributed by atoms with Crippen LogP contribution in [-0.2, 0) is 11.2 Å². The molecule has 0 aliphatic carbocycles. The van der Waals surface area contributed by atoms with Gasteiger partial charge in [0.1, 0.15) is 11.5 Å². The predicted octanol–water partition coefficient (Wildman–Crippen LogP) is 3.35. The second-order valence-electron chi connectivity index (χ2n) is 4.66. The fourth-order valence-corrected chi connectivity index (χ4v) is 1.91. The molecule has 3 heteroatoms. The van der Waals surface area contributed by atoms with Gasteiger partial charge in [-0.15, -0.1) is 0 Å². The third-order valence-electron chi connectivity index (χ3n) is 2.94. The van der Waals surface area contributed by atoms with Gasteiger partial charge in [0, 0.05) is 12.6 Å². The molecule has 0 saturated carbocycles. The predicted molar refractivity (Wildman–Crippen MR) is 80.3 cm³/mol. The van der Waals surface area contributed by atoms with E-state index in [1.54, 1.807) is 6.08 Å². The van der Waals surface area contributed by atoms with Gasteiger partial charge in [-0.25, -0.2) is 0 Å². The van der Waals surface area contributed by atoms with Crippen LogP contribution in [0.25, 0.3) is 6.08 Å². The van der Waals surface area contributed by atoms with Crippen molar-refractivity contribution in [3.05, 3.63) is 65.6 Å². The maximum absolute atomic E-state index is 11.6. The van der Waals surface area contributed by atoms with Gasteiger partial charge in [0.25, 0.3) is 0 Å². The molecule has 0 fully saturated rings. The van der Waals surface area contributed by atoms with Crippen LogP contribution >= 0.6 is 0 Å². The number of carbonyl (C=O) groups is 1. The summed E-state index contributed by atoms with van der Waals surface area (Å²) >= 11 is 0. The maximum atomic E-state index is 11.6. The summed E-state index contributed by atoms with van der Waals surface area (Å²) in [6.45, 7) is 2.55. The van der Waals surface area contributed by atoms with Crippen molar-refractivity contribution in [2.75, 3.05) is 6.54 Å². The molecule has 3 nitrogen and oxygen atoms in total. The SMILES string of the molecule is Cc1ccc(C=CC(=O)NCCCc2ccccc2)o1. The highest BCUT2D eigenvalue weighted by Crippen LogP contribution is 2.07. The lowest BCUT2D eigenvalue weighted by atomic mass is 10.1. The molecule has 1 aromatic carbocycles. The molecule has 0 unspecified atom stereocenters. The molecule has 0 aliphatic heterocycles. The van der Waals surface area contributed by atoms with Gasteiger partial charge in [-0.1, -0.05) is 30.3 Å². The zero-order chi connectivity index (χ0) is 14.2. The number of amides is 1. The van der Waals surface area contributed by atoms with E-state index < -0.39 is 0 Å². The Morgan fingerprint density at radius 2 is 2.00 bits per heavy atom. The average molecular weight is 269 g/mol. The standard InChI is InChI=1S/C17H19NO2/c1-14-9-10-16(20-14)11-12-17(19)18-13-5-8-15-6-3-2-4-7-15/h2-4,6-7,9-12H,5,8,13H2,1H3,(H,18,19). The number of furan rings is 1. The Balaban J connectivity index is 1.66. The second kappa shape index (κ2) is 7.34. The van der Waals surface area contributed by atoms with Gasteiger partial charge in [0.15, 0.2) is 0 Å². The highest BCUT2D eigenvalue weighted by molar-refractivity contribution is 5.91. The Hall–Kier alpha value is -2.29. The minimum absolute atomic E-state index is 0.0906. The molecule has 0 aliphatic rings. The van der Waals surface area contributed by atoms with E-state index in [4.69, 9.17) is 4.42 Å². The molecule has 1 amide bonds. The molecule has 0 saturated heterocycles. The highest BCUT2D eigenvalue weighted by Gasteiger charge is 1.97. The number of benzene rings is 1. The van der Waals surface area contributed by atoms with E-state index in [-0.39, 0.29) is 5.91 Å². The van der Waals surface area contributed by atoms with Crippen molar-refractivity contribution in [3.63, 3.8) is 0 Å². The van der Waals surface area contributed by atoms with Crippen molar-refractivity contribution in [2.24, 2.45) is 0 Å². The van der Waals surface area contributed by atoms with E-state index in [0.29, 0.717) is 12.3 Å². The highest BCUT2D eigenvalue weighted by atomic mass is 16.3. The molecule has 104 valence electrons. The van der Waals surface area contributed by atoms with Crippen molar-refractivity contribution in [1.82, 2.24) is 5.32 Å². The summed E-state index contributed by atoms with van der Waals surface area (Å²) in [5.74, 6) is 1.45. The molecular formula is C17H19NO2. The van der Waals surface area contributed by atoms with Crippen molar-refractivity contribution < 1.29 is 9.21 Å². The second-order valence-corrected chi connectivity index (χ2v) is 4.66. The summed E-state index contributed by atoms with van der Waals surface area (Å²) in [4.78, 5) is 11.6. The summed E-state index contributed by atoms with van der Waals surface area (Å²) < 4.78 is 5.35. The van der Waals surface area contributed by atoms with Crippen LogP contribution in [0.15, 0.2) is 53.0 Å². The lowest BCUT2D eigenvalue weighted by Crippen LogP contribution is -2.22. The Kier molecular flexibility index (Phi) is 5.18. The lowest BCUT2D eigenvalue weighted by Gasteiger charge is -2.02. The van der Waals surface area contributed by atoms with Gasteiger partial charge >= 0.3 is 0 Å². The van der Waals surface area contributed by atoms with Crippen LogP contribution in [0.4, 0.5) is 0 Å². The number of hydrogen-bond acceptors (Lipinski definition) is 2.